The van der Waals surface area contributed by atoms with E-state index >= 15 is 0 Å². The van der Waals surface area contributed by atoms with Gasteiger partial charge in [-0.3, -0.25) is 9.59 Å². The van der Waals surface area contributed by atoms with E-state index < -0.39 is 0 Å². The van der Waals surface area contributed by atoms with Crippen molar-refractivity contribution >= 4 is 41.5 Å². The Labute approximate surface area is 148 Å². The predicted octanol–water partition coefficient (Wildman–Crippen LogP) is 2.60. The molecule has 0 aromatic heterocycles. The summed E-state index contributed by atoms with van der Waals surface area (Å²) in [6.45, 7) is 2.28. The summed E-state index contributed by atoms with van der Waals surface area (Å²) >= 11 is 5.79. The van der Waals surface area contributed by atoms with Crippen molar-refractivity contribution in [1.82, 2.24) is 10.6 Å². The normalized spacial score (nSPS) is 17.0. The summed E-state index contributed by atoms with van der Waals surface area (Å²) in [6.07, 6.45) is 2.99. The van der Waals surface area contributed by atoms with E-state index in [1.54, 1.807) is 24.3 Å². The highest BCUT2D eigenvalue weighted by atomic mass is 35.5. The molecular weight excluding hydrogens is 337 g/mol. The lowest BCUT2D eigenvalue weighted by atomic mass is 9.99. The third kappa shape index (κ3) is 7.20. The molecule has 2 amide bonds. The van der Waals surface area contributed by atoms with Crippen molar-refractivity contribution in [3.05, 3.63) is 29.3 Å². The van der Waals surface area contributed by atoms with Gasteiger partial charge in [-0.2, -0.15) is 0 Å². The van der Waals surface area contributed by atoms with E-state index in [1.807, 2.05) is 0 Å². The van der Waals surface area contributed by atoms with E-state index in [1.165, 1.54) is 0 Å². The molecule has 1 aliphatic rings. The number of carbonyl (C=O) groups is 2. The van der Waals surface area contributed by atoms with Gasteiger partial charge in [-0.1, -0.05) is 11.6 Å². The predicted molar refractivity (Wildman–Crippen MR) is 95.2 cm³/mol. The molecule has 3 N–H and O–H groups in total. The SMILES string of the molecule is Cl.O=C(CCCNC(=O)C1CCCNC1)Nc1ccc(Cl)cc1. The largest absolute Gasteiger partial charge is 0.356 e. The Bertz CT molecular complexity index is 503. The van der Waals surface area contributed by atoms with E-state index in [9.17, 15) is 9.59 Å². The van der Waals surface area contributed by atoms with E-state index in [-0.39, 0.29) is 30.1 Å². The second kappa shape index (κ2) is 10.5. The van der Waals surface area contributed by atoms with Gasteiger partial charge in [0.15, 0.2) is 0 Å². The van der Waals surface area contributed by atoms with Crippen LogP contribution in [0.25, 0.3) is 0 Å². The van der Waals surface area contributed by atoms with Gasteiger partial charge in [0.25, 0.3) is 0 Å². The monoisotopic (exact) mass is 359 g/mol. The van der Waals surface area contributed by atoms with Crippen molar-refractivity contribution in [1.29, 1.82) is 0 Å². The minimum absolute atomic E-state index is 0. The first-order valence-corrected chi connectivity index (χ1v) is 8.07. The summed E-state index contributed by atoms with van der Waals surface area (Å²) in [5.41, 5.74) is 0.728. The molecule has 128 valence electrons. The quantitative estimate of drug-likeness (QED) is 0.683. The molecule has 1 fully saturated rings. The fourth-order valence-corrected chi connectivity index (χ4v) is 2.56. The van der Waals surface area contributed by atoms with Gasteiger partial charge in [-0.15, -0.1) is 12.4 Å². The van der Waals surface area contributed by atoms with Crippen molar-refractivity contribution in [2.75, 3.05) is 25.0 Å². The van der Waals surface area contributed by atoms with E-state index in [0.29, 0.717) is 24.4 Å². The standard InChI is InChI=1S/C16H22ClN3O2.ClH/c17-13-5-7-14(8-6-13)20-15(21)4-2-10-19-16(22)12-3-1-9-18-11-12;/h5-8,12,18H,1-4,9-11H2,(H,19,22)(H,20,21);1H. The highest BCUT2D eigenvalue weighted by Gasteiger charge is 2.20. The molecule has 1 aromatic rings. The Morgan fingerprint density at radius 2 is 2.00 bits per heavy atom. The third-order valence-corrected chi connectivity index (χ3v) is 3.93. The van der Waals surface area contributed by atoms with Crippen LogP contribution in [0.2, 0.25) is 5.02 Å². The molecule has 5 nitrogen and oxygen atoms in total. The number of benzene rings is 1. The summed E-state index contributed by atoms with van der Waals surface area (Å²) in [7, 11) is 0. The van der Waals surface area contributed by atoms with Crippen molar-refractivity contribution < 1.29 is 9.59 Å². The Hall–Kier alpha value is -1.30. The van der Waals surface area contributed by atoms with Crippen LogP contribution in [0, 0.1) is 5.92 Å². The summed E-state index contributed by atoms with van der Waals surface area (Å²) in [6, 6.07) is 6.99. The van der Waals surface area contributed by atoms with Gasteiger partial charge in [0.1, 0.15) is 0 Å². The second-order valence-electron chi connectivity index (χ2n) is 5.49. The average molecular weight is 360 g/mol. The molecule has 1 heterocycles. The Balaban J connectivity index is 0.00000264. The van der Waals surface area contributed by atoms with Gasteiger partial charge in [0, 0.05) is 30.2 Å². The summed E-state index contributed by atoms with van der Waals surface area (Å²) in [5, 5.41) is 9.56. The van der Waals surface area contributed by atoms with Gasteiger partial charge in [-0.25, -0.2) is 0 Å². The molecule has 0 bridgehead atoms. The summed E-state index contributed by atoms with van der Waals surface area (Å²) in [4.78, 5) is 23.7. The van der Waals surface area contributed by atoms with Crippen LogP contribution in [0.5, 0.6) is 0 Å². The first-order valence-electron chi connectivity index (χ1n) is 7.69. The Kier molecular flexibility index (Phi) is 8.99. The smallest absolute Gasteiger partial charge is 0.224 e. The molecule has 1 aliphatic heterocycles. The third-order valence-electron chi connectivity index (χ3n) is 3.68. The lowest BCUT2D eigenvalue weighted by Crippen LogP contribution is -2.40. The molecule has 1 saturated heterocycles. The second-order valence-corrected chi connectivity index (χ2v) is 5.93. The summed E-state index contributed by atoms with van der Waals surface area (Å²) < 4.78 is 0. The van der Waals surface area contributed by atoms with Gasteiger partial charge >= 0.3 is 0 Å². The number of amides is 2. The van der Waals surface area contributed by atoms with Crippen LogP contribution < -0.4 is 16.0 Å². The maximum atomic E-state index is 11.9. The molecule has 0 radical (unpaired) electrons. The number of nitrogens with one attached hydrogen (secondary N) is 3. The van der Waals surface area contributed by atoms with Crippen LogP contribution in [0.15, 0.2) is 24.3 Å². The first-order chi connectivity index (χ1) is 10.6. The maximum Gasteiger partial charge on any atom is 0.224 e. The van der Waals surface area contributed by atoms with E-state index in [0.717, 1.165) is 31.6 Å². The molecule has 0 aliphatic carbocycles. The van der Waals surface area contributed by atoms with Crippen molar-refractivity contribution in [2.24, 2.45) is 5.92 Å². The van der Waals surface area contributed by atoms with Crippen molar-refractivity contribution in [2.45, 2.75) is 25.7 Å². The van der Waals surface area contributed by atoms with Gasteiger partial charge in [-0.05, 0) is 50.1 Å². The van der Waals surface area contributed by atoms with Gasteiger partial charge in [0.05, 0.1) is 5.92 Å². The molecule has 1 unspecified atom stereocenters. The van der Waals surface area contributed by atoms with Crippen LogP contribution in [-0.4, -0.2) is 31.4 Å². The minimum Gasteiger partial charge on any atom is -0.356 e. The molecule has 1 aromatic carbocycles. The fourth-order valence-electron chi connectivity index (χ4n) is 2.44. The minimum atomic E-state index is -0.0593. The molecule has 23 heavy (non-hydrogen) atoms. The fraction of sp³-hybridized carbons (Fsp3) is 0.500. The van der Waals surface area contributed by atoms with Crippen molar-refractivity contribution in [3.63, 3.8) is 0 Å². The topological polar surface area (TPSA) is 70.2 Å². The van der Waals surface area contributed by atoms with Crippen LogP contribution in [0.4, 0.5) is 5.69 Å². The van der Waals surface area contributed by atoms with Crippen LogP contribution >= 0.6 is 24.0 Å². The van der Waals surface area contributed by atoms with Gasteiger partial charge < -0.3 is 16.0 Å². The lowest BCUT2D eigenvalue weighted by Gasteiger charge is -2.21. The molecule has 0 saturated carbocycles. The first kappa shape index (κ1) is 19.7. The number of piperidine rings is 1. The maximum absolute atomic E-state index is 11.9. The zero-order chi connectivity index (χ0) is 15.8. The average Bonchev–Trinajstić information content (AvgIpc) is 2.54. The number of hydrogen-bond acceptors (Lipinski definition) is 3. The van der Waals surface area contributed by atoms with Gasteiger partial charge in [0.2, 0.25) is 11.8 Å². The lowest BCUT2D eigenvalue weighted by molar-refractivity contribution is -0.125. The molecule has 2 rings (SSSR count). The Morgan fingerprint density at radius 1 is 1.26 bits per heavy atom. The number of anilines is 1. The zero-order valence-electron chi connectivity index (χ0n) is 12.9. The number of hydrogen-bond donors (Lipinski definition) is 3. The highest BCUT2D eigenvalue weighted by Crippen LogP contribution is 2.13. The zero-order valence-corrected chi connectivity index (χ0v) is 14.5. The number of carbonyl (C=O) groups excluding carboxylic acids is 2. The molecule has 0 spiro atoms. The number of rotatable bonds is 6. The number of halogens is 2. The van der Waals surface area contributed by atoms with E-state index in [4.69, 9.17) is 11.6 Å². The van der Waals surface area contributed by atoms with Crippen LogP contribution in [-0.2, 0) is 9.59 Å². The van der Waals surface area contributed by atoms with Crippen LogP contribution in [0.3, 0.4) is 0 Å². The highest BCUT2D eigenvalue weighted by molar-refractivity contribution is 6.30. The Morgan fingerprint density at radius 3 is 2.65 bits per heavy atom. The molecule has 7 heteroatoms. The molecule has 1 atom stereocenters. The molecular formula is C16H23Cl2N3O2. The van der Waals surface area contributed by atoms with E-state index in [2.05, 4.69) is 16.0 Å². The van der Waals surface area contributed by atoms with Crippen molar-refractivity contribution in [3.8, 4) is 0 Å². The summed E-state index contributed by atoms with van der Waals surface area (Å²) in [5.74, 6) is 0.0952. The van der Waals surface area contributed by atoms with Crippen LogP contribution in [0.1, 0.15) is 25.7 Å².